The molecule has 0 fully saturated rings. The molecule has 0 aliphatic heterocycles. The molecule has 2 heterocycles. The van der Waals surface area contributed by atoms with Crippen molar-refractivity contribution in [2.24, 2.45) is 0 Å². The van der Waals surface area contributed by atoms with Gasteiger partial charge in [0.15, 0.2) is 5.16 Å². The first-order valence-corrected chi connectivity index (χ1v) is 9.46. The van der Waals surface area contributed by atoms with Crippen molar-refractivity contribution >= 4 is 45.6 Å². The lowest BCUT2D eigenvalue weighted by Gasteiger charge is -2.13. The molecule has 8 heteroatoms. The van der Waals surface area contributed by atoms with Crippen LogP contribution in [-0.4, -0.2) is 20.7 Å². The minimum atomic E-state index is -0.381. The highest BCUT2D eigenvalue weighted by molar-refractivity contribution is 8.00. The zero-order valence-corrected chi connectivity index (χ0v) is 15.5. The van der Waals surface area contributed by atoms with Crippen molar-refractivity contribution in [3.05, 3.63) is 58.7 Å². The number of halogens is 1. The van der Waals surface area contributed by atoms with Crippen molar-refractivity contribution in [1.29, 1.82) is 5.26 Å². The van der Waals surface area contributed by atoms with E-state index >= 15 is 0 Å². The van der Waals surface area contributed by atoms with E-state index in [2.05, 4.69) is 16.4 Å². The second-order valence-electron chi connectivity index (χ2n) is 5.08. The van der Waals surface area contributed by atoms with Crippen LogP contribution >= 0.6 is 34.7 Å². The van der Waals surface area contributed by atoms with Crippen molar-refractivity contribution in [1.82, 2.24) is 9.55 Å². The van der Waals surface area contributed by atoms with E-state index in [0.29, 0.717) is 20.7 Å². The number of aromatic nitrogens is 2. The van der Waals surface area contributed by atoms with Crippen molar-refractivity contribution in [2.45, 2.75) is 17.3 Å². The van der Waals surface area contributed by atoms with E-state index in [1.807, 2.05) is 29.0 Å². The smallest absolute Gasteiger partial charge is 0.238 e. The standard InChI is InChI=1S/C17H13ClN4OS2/c1-11(15(23)21-16-12(10-19)5-8-24-16)25-17-20-6-7-22(17)14-4-2-3-13(18)9-14/h2-9,11H,1H3,(H,21,23). The van der Waals surface area contributed by atoms with E-state index in [9.17, 15) is 4.79 Å². The van der Waals surface area contributed by atoms with E-state index in [1.165, 1.54) is 23.1 Å². The van der Waals surface area contributed by atoms with E-state index in [1.54, 1.807) is 30.6 Å². The van der Waals surface area contributed by atoms with Crippen LogP contribution in [0.25, 0.3) is 5.69 Å². The lowest BCUT2D eigenvalue weighted by Crippen LogP contribution is -2.22. The minimum Gasteiger partial charge on any atom is -0.316 e. The summed E-state index contributed by atoms with van der Waals surface area (Å²) in [6.07, 6.45) is 3.51. The number of imidazole rings is 1. The molecule has 5 nitrogen and oxygen atoms in total. The predicted molar refractivity (Wildman–Crippen MR) is 102 cm³/mol. The molecular formula is C17H13ClN4OS2. The summed E-state index contributed by atoms with van der Waals surface area (Å²) in [5.74, 6) is -0.176. The maximum atomic E-state index is 12.4. The Balaban J connectivity index is 1.74. The number of anilines is 1. The SMILES string of the molecule is CC(Sc1nccn1-c1cccc(Cl)c1)C(=O)Nc1sccc1C#N. The number of thioether (sulfide) groups is 1. The molecule has 1 N–H and O–H groups in total. The van der Waals surface area contributed by atoms with Gasteiger partial charge in [-0.25, -0.2) is 4.98 Å². The third kappa shape index (κ3) is 4.04. The Labute approximate surface area is 158 Å². The number of amides is 1. The van der Waals surface area contributed by atoms with Gasteiger partial charge >= 0.3 is 0 Å². The molecule has 0 radical (unpaired) electrons. The highest BCUT2D eigenvalue weighted by Gasteiger charge is 2.19. The van der Waals surface area contributed by atoms with E-state index in [4.69, 9.17) is 16.9 Å². The summed E-state index contributed by atoms with van der Waals surface area (Å²) in [6.45, 7) is 1.80. The molecule has 3 rings (SSSR count). The number of benzene rings is 1. The average Bonchev–Trinajstić information content (AvgIpc) is 3.23. The maximum Gasteiger partial charge on any atom is 0.238 e. The molecule has 0 saturated heterocycles. The van der Waals surface area contributed by atoms with Gasteiger partial charge in [-0.3, -0.25) is 9.36 Å². The maximum absolute atomic E-state index is 12.4. The molecule has 0 saturated carbocycles. The van der Waals surface area contributed by atoms with E-state index < -0.39 is 0 Å². The van der Waals surface area contributed by atoms with Gasteiger partial charge in [-0.1, -0.05) is 29.4 Å². The fourth-order valence-electron chi connectivity index (χ4n) is 2.12. The van der Waals surface area contributed by atoms with Gasteiger partial charge in [0.1, 0.15) is 11.1 Å². The molecule has 3 aromatic rings. The quantitative estimate of drug-likeness (QED) is 0.649. The first kappa shape index (κ1) is 17.5. The Morgan fingerprint density at radius 2 is 2.32 bits per heavy atom. The van der Waals surface area contributed by atoms with Crippen LogP contribution < -0.4 is 5.32 Å². The van der Waals surface area contributed by atoms with E-state index in [-0.39, 0.29) is 11.2 Å². The zero-order chi connectivity index (χ0) is 17.8. The third-order valence-corrected chi connectivity index (χ3v) is 5.51. The van der Waals surface area contributed by atoms with Gasteiger partial charge in [0.25, 0.3) is 0 Å². The molecule has 0 aliphatic rings. The van der Waals surface area contributed by atoms with Gasteiger partial charge < -0.3 is 5.32 Å². The van der Waals surface area contributed by atoms with Crippen molar-refractivity contribution < 1.29 is 4.79 Å². The largest absolute Gasteiger partial charge is 0.316 e. The normalized spacial score (nSPS) is 11.7. The van der Waals surface area contributed by atoms with Gasteiger partial charge in [-0.2, -0.15) is 5.26 Å². The summed E-state index contributed by atoms with van der Waals surface area (Å²) in [6, 6.07) is 11.2. The van der Waals surface area contributed by atoms with Gasteiger partial charge in [0, 0.05) is 23.1 Å². The summed E-state index contributed by atoms with van der Waals surface area (Å²) in [5.41, 5.74) is 1.35. The molecule has 1 atom stereocenters. The molecule has 0 bridgehead atoms. The van der Waals surface area contributed by atoms with Crippen LogP contribution in [0.5, 0.6) is 0 Å². The molecule has 25 heavy (non-hydrogen) atoms. The Hall–Kier alpha value is -2.27. The number of rotatable bonds is 5. The predicted octanol–water partition coefficient (Wildman–Crippen LogP) is 4.58. The molecule has 0 aliphatic carbocycles. The highest BCUT2D eigenvalue weighted by atomic mass is 35.5. The Morgan fingerprint density at radius 3 is 3.08 bits per heavy atom. The number of nitrogens with one attached hydrogen (secondary N) is 1. The van der Waals surface area contributed by atoms with E-state index in [0.717, 1.165) is 5.69 Å². The van der Waals surface area contributed by atoms with Crippen LogP contribution in [-0.2, 0) is 4.79 Å². The van der Waals surface area contributed by atoms with Gasteiger partial charge in [-0.05, 0) is 36.6 Å². The molecule has 1 aromatic carbocycles. The fraction of sp³-hybridized carbons (Fsp3) is 0.118. The van der Waals surface area contributed by atoms with Crippen LogP contribution in [0.4, 0.5) is 5.00 Å². The van der Waals surface area contributed by atoms with Gasteiger partial charge in [0.05, 0.1) is 10.8 Å². The lowest BCUT2D eigenvalue weighted by molar-refractivity contribution is -0.115. The number of carbonyl (C=O) groups is 1. The number of thiophene rings is 1. The van der Waals surface area contributed by atoms with Crippen molar-refractivity contribution in [3.63, 3.8) is 0 Å². The third-order valence-electron chi connectivity index (χ3n) is 3.37. The number of nitrogens with zero attached hydrogens (tertiary/aromatic N) is 3. The second-order valence-corrected chi connectivity index (χ2v) is 7.74. The zero-order valence-electron chi connectivity index (χ0n) is 13.1. The van der Waals surface area contributed by atoms with Crippen molar-refractivity contribution in [2.75, 3.05) is 5.32 Å². The number of hydrogen-bond donors (Lipinski definition) is 1. The van der Waals surface area contributed by atoms with Crippen LogP contribution in [0.2, 0.25) is 5.02 Å². The molecule has 126 valence electrons. The second kappa shape index (κ2) is 7.74. The average molecular weight is 389 g/mol. The lowest BCUT2D eigenvalue weighted by atomic mass is 10.3. The molecule has 1 unspecified atom stereocenters. The number of hydrogen-bond acceptors (Lipinski definition) is 5. The Bertz CT molecular complexity index is 944. The molecular weight excluding hydrogens is 376 g/mol. The summed E-state index contributed by atoms with van der Waals surface area (Å²) < 4.78 is 1.88. The number of nitriles is 1. The Kier molecular flexibility index (Phi) is 5.43. The number of carbonyl (C=O) groups excluding carboxylic acids is 1. The Morgan fingerprint density at radius 1 is 1.48 bits per heavy atom. The highest BCUT2D eigenvalue weighted by Crippen LogP contribution is 2.28. The monoisotopic (exact) mass is 388 g/mol. The van der Waals surface area contributed by atoms with Gasteiger partial charge in [-0.15, -0.1) is 11.3 Å². The van der Waals surface area contributed by atoms with Crippen LogP contribution in [0.3, 0.4) is 0 Å². The molecule has 1 amide bonds. The topological polar surface area (TPSA) is 70.7 Å². The van der Waals surface area contributed by atoms with Crippen LogP contribution in [0.15, 0.2) is 53.3 Å². The van der Waals surface area contributed by atoms with Crippen molar-refractivity contribution in [3.8, 4) is 11.8 Å². The van der Waals surface area contributed by atoms with Gasteiger partial charge in [0.2, 0.25) is 5.91 Å². The summed E-state index contributed by atoms with van der Waals surface area (Å²) >= 11 is 8.72. The minimum absolute atomic E-state index is 0.176. The first-order chi connectivity index (χ1) is 12.1. The summed E-state index contributed by atoms with van der Waals surface area (Å²) in [5, 5.41) is 15.1. The van der Waals surface area contributed by atoms with Crippen LogP contribution in [0.1, 0.15) is 12.5 Å². The summed E-state index contributed by atoms with van der Waals surface area (Å²) in [4.78, 5) is 16.7. The fourth-order valence-corrected chi connectivity index (χ4v) is 3.93. The summed E-state index contributed by atoms with van der Waals surface area (Å²) in [7, 11) is 0. The van der Waals surface area contributed by atoms with Crippen LogP contribution in [0, 0.1) is 11.3 Å². The first-order valence-electron chi connectivity index (χ1n) is 7.33. The molecule has 0 spiro atoms. The molecule has 2 aromatic heterocycles.